The van der Waals surface area contributed by atoms with Crippen molar-refractivity contribution in [1.29, 1.82) is 0 Å². The third-order valence-corrected chi connectivity index (χ3v) is 2.90. The van der Waals surface area contributed by atoms with Gasteiger partial charge in [0.15, 0.2) is 0 Å². The van der Waals surface area contributed by atoms with Gasteiger partial charge in [-0.1, -0.05) is 6.92 Å². The van der Waals surface area contributed by atoms with Gasteiger partial charge < -0.3 is 15.4 Å². The monoisotopic (exact) mass is 186 g/mol. The van der Waals surface area contributed by atoms with Crippen LogP contribution in [0.25, 0.3) is 0 Å². The third kappa shape index (κ3) is 3.25. The second kappa shape index (κ2) is 5.58. The molecule has 0 amide bonds. The molecule has 0 aromatic rings. The predicted octanol–water partition coefficient (Wildman–Crippen LogP) is 0.834. The fraction of sp³-hybridized carbons (Fsp3) is 1.00. The molecule has 0 aliphatic carbocycles. The zero-order valence-corrected chi connectivity index (χ0v) is 8.83. The minimum Gasteiger partial charge on any atom is -0.378 e. The van der Waals surface area contributed by atoms with Gasteiger partial charge in [0.2, 0.25) is 0 Å². The number of rotatable bonds is 4. The highest BCUT2D eigenvalue weighted by molar-refractivity contribution is 4.77. The molecule has 1 aliphatic heterocycles. The van der Waals surface area contributed by atoms with E-state index in [0.717, 1.165) is 32.5 Å². The highest BCUT2D eigenvalue weighted by atomic mass is 16.5. The molecule has 0 aromatic carbocycles. The van der Waals surface area contributed by atoms with Gasteiger partial charge in [-0.3, -0.25) is 0 Å². The average molecular weight is 186 g/mol. The summed E-state index contributed by atoms with van der Waals surface area (Å²) in [6, 6.07) is 0.683. The number of likely N-dealkylation sites (N-methyl/N-ethyl adjacent to an activating group) is 1. The van der Waals surface area contributed by atoms with Crippen LogP contribution in [0.5, 0.6) is 0 Å². The van der Waals surface area contributed by atoms with E-state index < -0.39 is 0 Å². The van der Waals surface area contributed by atoms with Crippen molar-refractivity contribution >= 4 is 0 Å². The van der Waals surface area contributed by atoms with Gasteiger partial charge >= 0.3 is 0 Å². The minimum atomic E-state index is 0.471. The van der Waals surface area contributed by atoms with Gasteiger partial charge in [0.1, 0.15) is 0 Å². The Hall–Kier alpha value is -0.120. The van der Waals surface area contributed by atoms with Gasteiger partial charge in [0, 0.05) is 25.7 Å². The maximum atomic E-state index is 5.63. The lowest BCUT2D eigenvalue weighted by Gasteiger charge is -2.35. The molecule has 3 heteroatoms. The van der Waals surface area contributed by atoms with Crippen LogP contribution < -0.4 is 5.73 Å². The molecule has 2 atom stereocenters. The fourth-order valence-electron chi connectivity index (χ4n) is 1.93. The molecule has 1 saturated heterocycles. The summed E-state index contributed by atoms with van der Waals surface area (Å²) in [4.78, 5) is 2.37. The van der Waals surface area contributed by atoms with Crippen molar-refractivity contribution in [3.8, 4) is 0 Å². The molecule has 1 rings (SSSR count). The van der Waals surface area contributed by atoms with Crippen molar-refractivity contribution in [3.05, 3.63) is 0 Å². The van der Waals surface area contributed by atoms with Crippen LogP contribution in [0.4, 0.5) is 0 Å². The van der Waals surface area contributed by atoms with Gasteiger partial charge in [-0.05, 0) is 26.3 Å². The second-order valence-corrected chi connectivity index (χ2v) is 3.85. The average Bonchev–Trinajstić information content (AvgIpc) is 2.18. The van der Waals surface area contributed by atoms with E-state index in [1.165, 1.54) is 6.42 Å². The third-order valence-electron chi connectivity index (χ3n) is 2.90. The SMILES string of the molecule is CCC1CC(N(C)CCN)CCO1. The quantitative estimate of drug-likeness (QED) is 0.707. The van der Waals surface area contributed by atoms with Gasteiger partial charge in [-0.2, -0.15) is 0 Å². The Bertz CT molecular complexity index is 141. The molecule has 2 N–H and O–H groups in total. The van der Waals surface area contributed by atoms with Gasteiger partial charge in [-0.25, -0.2) is 0 Å². The highest BCUT2D eigenvalue weighted by Gasteiger charge is 2.23. The Kier molecular flexibility index (Phi) is 4.70. The van der Waals surface area contributed by atoms with Crippen LogP contribution in [0.3, 0.4) is 0 Å². The first kappa shape index (κ1) is 11.0. The maximum Gasteiger partial charge on any atom is 0.0587 e. The molecule has 1 fully saturated rings. The van der Waals surface area contributed by atoms with Crippen LogP contribution in [0.1, 0.15) is 26.2 Å². The van der Waals surface area contributed by atoms with Crippen LogP contribution in [0.15, 0.2) is 0 Å². The van der Waals surface area contributed by atoms with Crippen LogP contribution in [0.2, 0.25) is 0 Å². The van der Waals surface area contributed by atoms with Crippen molar-refractivity contribution in [3.63, 3.8) is 0 Å². The zero-order valence-electron chi connectivity index (χ0n) is 8.83. The first-order valence-electron chi connectivity index (χ1n) is 5.29. The summed E-state index contributed by atoms with van der Waals surface area (Å²) in [5.41, 5.74) is 5.53. The summed E-state index contributed by atoms with van der Waals surface area (Å²) < 4.78 is 5.63. The number of hydrogen-bond acceptors (Lipinski definition) is 3. The molecule has 0 radical (unpaired) electrons. The number of nitrogens with zero attached hydrogens (tertiary/aromatic N) is 1. The van der Waals surface area contributed by atoms with Gasteiger partial charge in [0.05, 0.1) is 6.10 Å². The summed E-state index contributed by atoms with van der Waals surface area (Å²) in [7, 11) is 2.16. The topological polar surface area (TPSA) is 38.5 Å². The number of ether oxygens (including phenoxy) is 1. The Morgan fingerprint density at radius 1 is 1.54 bits per heavy atom. The molecule has 2 unspecified atom stereocenters. The van der Waals surface area contributed by atoms with Gasteiger partial charge in [-0.15, -0.1) is 0 Å². The molecule has 3 nitrogen and oxygen atoms in total. The number of nitrogens with two attached hydrogens (primary N) is 1. The maximum absolute atomic E-state index is 5.63. The van der Waals surface area contributed by atoms with E-state index in [0.29, 0.717) is 12.1 Å². The molecule has 1 heterocycles. The molecular weight excluding hydrogens is 164 g/mol. The largest absolute Gasteiger partial charge is 0.378 e. The Labute approximate surface area is 81.2 Å². The summed E-state index contributed by atoms with van der Waals surface area (Å²) in [6.45, 7) is 4.86. The van der Waals surface area contributed by atoms with Crippen molar-refractivity contribution in [2.24, 2.45) is 5.73 Å². The Balaban J connectivity index is 2.32. The van der Waals surface area contributed by atoms with Crippen LogP contribution >= 0.6 is 0 Å². The smallest absolute Gasteiger partial charge is 0.0587 e. The summed E-state index contributed by atoms with van der Waals surface area (Å²) in [6.07, 6.45) is 3.94. The van der Waals surface area contributed by atoms with E-state index in [1.807, 2.05) is 0 Å². The van der Waals surface area contributed by atoms with E-state index in [2.05, 4.69) is 18.9 Å². The molecule has 0 saturated carbocycles. The summed E-state index contributed by atoms with van der Waals surface area (Å²) in [5.74, 6) is 0. The van der Waals surface area contributed by atoms with Crippen LogP contribution in [-0.4, -0.2) is 43.8 Å². The molecule has 13 heavy (non-hydrogen) atoms. The van der Waals surface area contributed by atoms with Crippen molar-refractivity contribution in [2.75, 3.05) is 26.7 Å². The molecule has 0 spiro atoms. The van der Waals surface area contributed by atoms with E-state index >= 15 is 0 Å². The van der Waals surface area contributed by atoms with Crippen molar-refractivity contribution in [2.45, 2.75) is 38.3 Å². The first-order chi connectivity index (χ1) is 6.27. The molecule has 1 aliphatic rings. The summed E-state index contributed by atoms with van der Waals surface area (Å²) >= 11 is 0. The highest BCUT2D eigenvalue weighted by Crippen LogP contribution is 2.19. The Morgan fingerprint density at radius 2 is 2.31 bits per heavy atom. The molecule has 0 aromatic heterocycles. The molecular formula is C10H22N2O. The number of hydrogen-bond donors (Lipinski definition) is 1. The Morgan fingerprint density at radius 3 is 2.92 bits per heavy atom. The lowest BCUT2D eigenvalue weighted by molar-refractivity contribution is -0.0225. The lowest BCUT2D eigenvalue weighted by atomic mass is 10.0. The normalized spacial score (nSPS) is 29.5. The zero-order chi connectivity index (χ0) is 9.68. The fourth-order valence-corrected chi connectivity index (χ4v) is 1.93. The molecule has 0 bridgehead atoms. The van der Waals surface area contributed by atoms with E-state index in [1.54, 1.807) is 0 Å². The second-order valence-electron chi connectivity index (χ2n) is 3.85. The van der Waals surface area contributed by atoms with Crippen LogP contribution in [0, 0.1) is 0 Å². The van der Waals surface area contributed by atoms with Crippen molar-refractivity contribution < 1.29 is 4.74 Å². The van der Waals surface area contributed by atoms with Gasteiger partial charge in [0.25, 0.3) is 0 Å². The van der Waals surface area contributed by atoms with Crippen LogP contribution in [-0.2, 0) is 4.74 Å². The molecule has 78 valence electrons. The van der Waals surface area contributed by atoms with E-state index in [-0.39, 0.29) is 0 Å². The standard InChI is InChI=1S/C10H22N2O/c1-3-10-8-9(4-7-13-10)12(2)6-5-11/h9-10H,3-8,11H2,1-2H3. The first-order valence-corrected chi connectivity index (χ1v) is 5.29. The summed E-state index contributed by atoms with van der Waals surface area (Å²) in [5, 5.41) is 0. The van der Waals surface area contributed by atoms with E-state index in [9.17, 15) is 0 Å². The minimum absolute atomic E-state index is 0.471. The van der Waals surface area contributed by atoms with Crippen molar-refractivity contribution in [1.82, 2.24) is 4.90 Å². The van der Waals surface area contributed by atoms with E-state index in [4.69, 9.17) is 10.5 Å². The lowest BCUT2D eigenvalue weighted by Crippen LogP contribution is -2.42. The predicted molar refractivity (Wildman–Crippen MR) is 54.7 cm³/mol.